The summed E-state index contributed by atoms with van der Waals surface area (Å²) in [6.07, 6.45) is 2.41. The molecule has 18 heavy (non-hydrogen) atoms. The summed E-state index contributed by atoms with van der Waals surface area (Å²) >= 11 is 0. The number of ether oxygens (including phenoxy) is 2. The lowest BCUT2D eigenvalue weighted by molar-refractivity contribution is -0.161. The molecule has 0 aromatic heterocycles. The van der Waals surface area contributed by atoms with E-state index in [1.807, 2.05) is 0 Å². The predicted octanol–water partition coefficient (Wildman–Crippen LogP) is 0.149. The number of esters is 2. The van der Waals surface area contributed by atoms with Crippen LogP contribution in [0.4, 0.5) is 0 Å². The standard InChI is InChI=1S/C12H20O6/c1-17-10(14)8-12(16)7-9(18-11(12)15)5-3-2-4-6-13/h9,13,16H,2-8H2,1H3/t9-,12+/m1/s1. The molecule has 0 radical (unpaired) electrons. The molecule has 1 aliphatic heterocycles. The van der Waals surface area contributed by atoms with Crippen molar-refractivity contribution >= 4 is 11.9 Å². The summed E-state index contributed by atoms with van der Waals surface area (Å²) < 4.78 is 9.48. The van der Waals surface area contributed by atoms with E-state index in [-0.39, 0.29) is 25.6 Å². The van der Waals surface area contributed by atoms with Crippen LogP contribution in [-0.4, -0.2) is 47.6 Å². The van der Waals surface area contributed by atoms with E-state index < -0.39 is 17.5 Å². The van der Waals surface area contributed by atoms with Crippen LogP contribution in [0.1, 0.15) is 38.5 Å². The Morgan fingerprint density at radius 1 is 1.50 bits per heavy atom. The highest BCUT2D eigenvalue weighted by molar-refractivity contribution is 5.87. The van der Waals surface area contributed by atoms with Gasteiger partial charge in [-0.15, -0.1) is 0 Å². The first kappa shape index (κ1) is 14.9. The molecule has 0 amide bonds. The second-order valence-electron chi connectivity index (χ2n) is 4.59. The highest BCUT2D eigenvalue weighted by Crippen LogP contribution is 2.31. The van der Waals surface area contributed by atoms with Crippen LogP contribution in [0.3, 0.4) is 0 Å². The molecule has 1 saturated heterocycles. The van der Waals surface area contributed by atoms with Gasteiger partial charge in [0.25, 0.3) is 0 Å². The first-order chi connectivity index (χ1) is 8.51. The average Bonchev–Trinajstić information content (AvgIpc) is 2.60. The number of cyclic esters (lactones) is 1. The van der Waals surface area contributed by atoms with E-state index in [9.17, 15) is 14.7 Å². The van der Waals surface area contributed by atoms with Crippen molar-refractivity contribution in [3.8, 4) is 0 Å². The summed E-state index contributed by atoms with van der Waals surface area (Å²) in [6, 6.07) is 0. The molecule has 0 aliphatic carbocycles. The Morgan fingerprint density at radius 2 is 2.22 bits per heavy atom. The van der Waals surface area contributed by atoms with E-state index >= 15 is 0 Å². The first-order valence-corrected chi connectivity index (χ1v) is 6.13. The summed E-state index contributed by atoms with van der Waals surface area (Å²) in [5, 5.41) is 18.7. The maximum absolute atomic E-state index is 11.5. The number of carbonyl (C=O) groups excluding carboxylic acids is 2. The maximum atomic E-state index is 11.5. The monoisotopic (exact) mass is 260 g/mol. The summed E-state index contributed by atoms with van der Waals surface area (Å²) in [4.78, 5) is 22.6. The molecule has 1 fully saturated rings. The Labute approximate surface area is 106 Å². The van der Waals surface area contributed by atoms with Gasteiger partial charge in [-0.25, -0.2) is 4.79 Å². The third-order valence-corrected chi connectivity index (χ3v) is 3.07. The predicted molar refractivity (Wildman–Crippen MR) is 61.6 cm³/mol. The fourth-order valence-corrected chi connectivity index (χ4v) is 2.04. The maximum Gasteiger partial charge on any atom is 0.339 e. The van der Waals surface area contributed by atoms with E-state index in [1.165, 1.54) is 7.11 Å². The molecule has 0 unspecified atom stereocenters. The van der Waals surface area contributed by atoms with E-state index in [4.69, 9.17) is 9.84 Å². The van der Waals surface area contributed by atoms with Crippen molar-refractivity contribution in [3.05, 3.63) is 0 Å². The van der Waals surface area contributed by atoms with Crippen molar-refractivity contribution in [2.75, 3.05) is 13.7 Å². The van der Waals surface area contributed by atoms with Crippen LogP contribution in [0.25, 0.3) is 0 Å². The number of hydrogen-bond donors (Lipinski definition) is 2. The highest BCUT2D eigenvalue weighted by atomic mass is 16.6. The van der Waals surface area contributed by atoms with Gasteiger partial charge in [0, 0.05) is 13.0 Å². The minimum absolute atomic E-state index is 0.125. The molecular formula is C12H20O6. The molecule has 1 rings (SSSR count). The minimum Gasteiger partial charge on any atom is -0.469 e. The van der Waals surface area contributed by atoms with Gasteiger partial charge >= 0.3 is 11.9 Å². The third-order valence-electron chi connectivity index (χ3n) is 3.07. The van der Waals surface area contributed by atoms with E-state index in [1.54, 1.807) is 0 Å². The topological polar surface area (TPSA) is 93.1 Å². The van der Waals surface area contributed by atoms with Crippen molar-refractivity contribution in [1.29, 1.82) is 0 Å². The molecular weight excluding hydrogens is 240 g/mol. The van der Waals surface area contributed by atoms with Crippen molar-refractivity contribution < 1.29 is 29.3 Å². The van der Waals surface area contributed by atoms with Gasteiger partial charge in [-0.2, -0.15) is 0 Å². The molecule has 0 saturated carbocycles. The van der Waals surface area contributed by atoms with Crippen molar-refractivity contribution in [3.63, 3.8) is 0 Å². The molecule has 1 heterocycles. The van der Waals surface area contributed by atoms with Gasteiger partial charge < -0.3 is 19.7 Å². The van der Waals surface area contributed by atoms with E-state index in [2.05, 4.69) is 4.74 Å². The number of carbonyl (C=O) groups is 2. The molecule has 0 aromatic rings. The molecule has 2 N–H and O–H groups in total. The van der Waals surface area contributed by atoms with Gasteiger partial charge in [0.1, 0.15) is 6.10 Å². The third kappa shape index (κ3) is 3.96. The zero-order valence-corrected chi connectivity index (χ0v) is 10.6. The molecule has 104 valence electrons. The fraction of sp³-hybridized carbons (Fsp3) is 0.833. The molecule has 1 aliphatic rings. The smallest absolute Gasteiger partial charge is 0.339 e. The van der Waals surface area contributed by atoms with Crippen LogP contribution < -0.4 is 0 Å². The van der Waals surface area contributed by atoms with Gasteiger partial charge in [0.15, 0.2) is 5.60 Å². The number of methoxy groups -OCH3 is 1. The van der Waals surface area contributed by atoms with Gasteiger partial charge in [0.2, 0.25) is 0 Å². The SMILES string of the molecule is COC(=O)C[C@@]1(O)C[C@@H](CCCCCO)OC1=O. The molecule has 6 heteroatoms. The lowest BCUT2D eigenvalue weighted by atomic mass is 9.94. The van der Waals surface area contributed by atoms with E-state index in [0.29, 0.717) is 12.8 Å². The molecule has 0 bridgehead atoms. The lowest BCUT2D eigenvalue weighted by Gasteiger charge is -2.15. The normalized spacial score (nSPS) is 27.1. The zero-order valence-electron chi connectivity index (χ0n) is 10.6. The Balaban J connectivity index is 2.40. The molecule has 0 spiro atoms. The number of aliphatic hydroxyl groups excluding tert-OH is 1. The van der Waals surface area contributed by atoms with Crippen LogP contribution in [-0.2, 0) is 19.1 Å². The van der Waals surface area contributed by atoms with Crippen molar-refractivity contribution in [2.24, 2.45) is 0 Å². The molecule has 6 nitrogen and oxygen atoms in total. The summed E-state index contributed by atoms with van der Waals surface area (Å²) in [5.74, 6) is -1.38. The fourth-order valence-electron chi connectivity index (χ4n) is 2.04. The second-order valence-corrected chi connectivity index (χ2v) is 4.59. The van der Waals surface area contributed by atoms with Crippen LogP contribution in [0, 0.1) is 0 Å². The van der Waals surface area contributed by atoms with Crippen LogP contribution in [0.15, 0.2) is 0 Å². The summed E-state index contributed by atoms with van der Waals surface area (Å²) in [7, 11) is 1.21. The molecule has 0 aromatic carbocycles. The van der Waals surface area contributed by atoms with Crippen LogP contribution in [0.5, 0.6) is 0 Å². The summed E-state index contributed by atoms with van der Waals surface area (Å²) in [5.41, 5.74) is -1.74. The first-order valence-electron chi connectivity index (χ1n) is 6.13. The Hall–Kier alpha value is -1.14. The number of rotatable bonds is 7. The number of hydrogen-bond acceptors (Lipinski definition) is 6. The lowest BCUT2D eigenvalue weighted by Crippen LogP contribution is -2.37. The largest absolute Gasteiger partial charge is 0.469 e. The van der Waals surface area contributed by atoms with Gasteiger partial charge in [-0.1, -0.05) is 6.42 Å². The van der Waals surface area contributed by atoms with Crippen molar-refractivity contribution in [2.45, 2.75) is 50.2 Å². The van der Waals surface area contributed by atoms with Gasteiger partial charge in [-0.3, -0.25) is 4.79 Å². The second kappa shape index (κ2) is 6.70. The van der Waals surface area contributed by atoms with Gasteiger partial charge in [-0.05, 0) is 19.3 Å². The van der Waals surface area contributed by atoms with Crippen LogP contribution in [0.2, 0.25) is 0 Å². The molecule has 2 atom stereocenters. The average molecular weight is 260 g/mol. The minimum atomic E-state index is -1.74. The van der Waals surface area contributed by atoms with Crippen molar-refractivity contribution in [1.82, 2.24) is 0 Å². The van der Waals surface area contributed by atoms with Gasteiger partial charge in [0.05, 0.1) is 13.5 Å². The Bertz CT molecular complexity index is 303. The van der Waals surface area contributed by atoms with E-state index in [0.717, 1.165) is 12.8 Å². The highest BCUT2D eigenvalue weighted by Gasteiger charge is 2.49. The zero-order chi connectivity index (χ0) is 13.6. The van der Waals surface area contributed by atoms with Crippen LogP contribution >= 0.6 is 0 Å². The quantitative estimate of drug-likeness (QED) is 0.500. The summed E-state index contributed by atoms with van der Waals surface area (Å²) in [6.45, 7) is 0.150. The Kier molecular flexibility index (Phi) is 5.55. The Morgan fingerprint density at radius 3 is 2.83 bits per heavy atom. The number of unbranched alkanes of at least 4 members (excludes halogenated alkanes) is 2. The number of aliphatic hydroxyl groups is 2.